The summed E-state index contributed by atoms with van der Waals surface area (Å²) in [7, 11) is 0. The summed E-state index contributed by atoms with van der Waals surface area (Å²) in [6.45, 7) is 19.2. The van der Waals surface area contributed by atoms with Gasteiger partial charge in [0.05, 0.1) is 0 Å². The average Bonchev–Trinajstić information content (AvgIpc) is 3.73. The molecule has 2 aliphatic carbocycles. The van der Waals surface area contributed by atoms with Gasteiger partial charge in [0.1, 0.15) is 0 Å². The zero-order valence-corrected chi connectivity index (χ0v) is 35.6. The summed E-state index contributed by atoms with van der Waals surface area (Å²) < 4.78 is 4.32. The minimum absolute atomic E-state index is 0. The second kappa shape index (κ2) is 17.0. The smallest absolute Gasteiger partial charge is 1.00 e. The maximum absolute atomic E-state index is 2.64. The van der Waals surface area contributed by atoms with E-state index in [0.717, 1.165) is 6.42 Å². The molecule has 0 atom stereocenters. The van der Waals surface area contributed by atoms with Crippen molar-refractivity contribution in [3.8, 4) is 33.4 Å². The van der Waals surface area contributed by atoms with Crippen molar-refractivity contribution in [2.45, 2.75) is 115 Å². The monoisotopic (exact) mass is 780 g/mol. The molecule has 0 saturated carbocycles. The van der Waals surface area contributed by atoms with Crippen LogP contribution in [0.4, 0.5) is 0 Å². The Morgan fingerprint density at radius 1 is 0.640 bits per heavy atom. The van der Waals surface area contributed by atoms with Crippen LogP contribution >= 0.6 is 0 Å². The van der Waals surface area contributed by atoms with Gasteiger partial charge in [0.25, 0.3) is 0 Å². The molecule has 4 aromatic rings. The van der Waals surface area contributed by atoms with Crippen LogP contribution in [0.2, 0.25) is 3.63 Å². The van der Waals surface area contributed by atoms with Gasteiger partial charge in [-0.3, -0.25) is 0 Å². The van der Waals surface area contributed by atoms with E-state index in [2.05, 4.69) is 159 Å². The number of hydrogen-bond acceptors (Lipinski definition) is 0. The van der Waals surface area contributed by atoms with Gasteiger partial charge in [-0.2, -0.15) is 0 Å². The molecule has 0 heterocycles. The largest absolute Gasteiger partial charge is 1.00 e. The van der Waals surface area contributed by atoms with E-state index in [1.54, 1.807) is 14.4 Å². The summed E-state index contributed by atoms with van der Waals surface area (Å²) in [4.78, 5) is 0. The standard InChI is InChI=1S/C33H33.C9H18.C5H5.2ClH.Zr/c1-32(2,3)30-20-26-24(18-28(30)22-13-9-7-10-14-22)17-25-19-29(23-15-11-8-12-16-23)31(21-27(25)26)33(4,5)6;1-3-5-7-9-8-6-4-2;1-2-4-5-3-1;;;/h7-16,18,20-21H,17H2,1-6H3;3-8H2,1-2H3;1-5H;2*1H;/q;;;;;+2/p-2. The van der Waals surface area contributed by atoms with Crippen LogP contribution in [-0.4, -0.2) is 3.21 Å². The van der Waals surface area contributed by atoms with Gasteiger partial charge in [-0.05, 0) is 0 Å². The van der Waals surface area contributed by atoms with Gasteiger partial charge in [0.2, 0.25) is 0 Å². The van der Waals surface area contributed by atoms with Crippen molar-refractivity contribution >= 4 is 6.48 Å². The van der Waals surface area contributed by atoms with Gasteiger partial charge in [-0.25, -0.2) is 0 Å². The number of fused-ring (bicyclic) bond motifs is 3. The van der Waals surface area contributed by atoms with Crippen molar-refractivity contribution < 1.29 is 46.1 Å². The predicted octanol–water partition coefficient (Wildman–Crippen LogP) is 6.91. The van der Waals surface area contributed by atoms with Gasteiger partial charge in [-0.1, -0.05) is 0 Å². The maximum Gasteiger partial charge on any atom is -1.00 e. The fraction of sp³-hybridized carbons (Fsp3) is 0.383. The molecule has 0 saturated heterocycles. The first kappa shape index (κ1) is 40.5. The second-order valence-electron chi connectivity index (χ2n) is 16.2. The number of unbranched alkanes of at least 4 members (excludes halogenated alkanes) is 2. The third kappa shape index (κ3) is 8.33. The Morgan fingerprint density at radius 2 is 1.16 bits per heavy atom. The van der Waals surface area contributed by atoms with E-state index < -0.39 is 21.3 Å². The molecule has 262 valence electrons. The van der Waals surface area contributed by atoms with Gasteiger partial charge in [-0.15, -0.1) is 0 Å². The first-order valence-corrected chi connectivity index (χ1v) is 22.5. The molecule has 2 aliphatic rings. The van der Waals surface area contributed by atoms with E-state index in [1.165, 1.54) is 83.0 Å². The molecule has 50 heavy (non-hydrogen) atoms. The van der Waals surface area contributed by atoms with Crippen LogP contribution < -0.4 is 28.1 Å². The maximum atomic E-state index is 2.64. The molecule has 0 aromatic heterocycles. The molecular weight excluding hydrogens is 727 g/mol. The van der Waals surface area contributed by atoms with Crippen molar-refractivity contribution in [2.75, 3.05) is 0 Å². The number of halogens is 2. The fourth-order valence-electron chi connectivity index (χ4n) is 8.03. The molecular formula is C47H56Cl2Zr. The van der Waals surface area contributed by atoms with E-state index >= 15 is 0 Å². The Bertz CT molecular complexity index is 1840. The van der Waals surface area contributed by atoms with Crippen molar-refractivity contribution in [3.63, 3.8) is 0 Å². The first-order valence-electron chi connectivity index (χ1n) is 18.6. The van der Waals surface area contributed by atoms with E-state index in [0.29, 0.717) is 3.63 Å². The molecule has 0 spiro atoms. The van der Waals surface area contributed by atoms with E-state index in [-0.39, 0.29) is 35.6 Å². The average molecular weight is 783 g/mol. The molecule has 0 fully saturated rings. The molecule has 0 amide bonds. The fourth-order valence-corrected chi connectivity index (χ4v) is 17.3. The Labute approximate surface area is 323 Å². The number of hydrogen-bond donors (Lipinski definition) is 0. The Hall–Kier alpha value is -2.31. The molecule has 0 nitrogen and oxygen atoms in total. The summed E-state index contributed by atoms with van der Waals surface area (Å²) in [5.74, 6) is 0. The SMILES string of the molecule is CCCC[C](CCCC)=[Zr+2]([c]1c2c(cc(C(C)(C)C)c1-c1ccccc1)-c1cc(C(C)(C)C)c(-c3ccccc3)cc1C2)[CH]1C=CC=C1.[Cl-].[Cl-]. The summed E-state index contributed by atoms with van der Waals surface area (Å²) in [5, 5.41) is 0. The molecule has 0 bridgehead atoms. The zero-order chi connectivity index (χ0) is 34.1. The number of rotatable bonds is 10. The number of benzene rings is 4. The Morgan fingerprint density at radius 3 is 1.68 bits per heavy atom. The van der Waals surface area contributed by atoms with Gasteiger partial charge in [0, 0.05) is 0 Å². The molecule has 0 radical (unpaired) electrons. The van der Waals surface area contributed by atoms with Crippen LogP contribution in [0.5, 0.6) is 0 Å². The van der Waals surface area contributed by atoms with Crippen LogP contribution in [0, 0.1) is 0 Å². The van der Waals surface area contributed by atoms with Crippen LogP contribution in [0.1, 0.15) is 116 Å². The van der Waals surface area contributed by atoms with E-state index in [1.807, 2.05) is 3.21 Å². The summed E-state index contributed by atoms with van der Waals surface area (Å²) in [6, 6.07) is 30.4. The van der Waals surface area contributed by atoms with Crippen molar-refractivity contribution in [2.24, 2.45) is 0 Å². The quantitative estimate of drug-likeness (QED) is 0.145. The van der Waals surface area contributed by atoms with E-state index in [9.17, 15) is 0 Å². The van der Waals surface area contributed by atoms with Crippen LogP contribution in [0.15, 0.2) is 103 Å². The first-order chi connectivity index (χ1) is 23.0. The predicted molar refractivity (Wildman–Crippen MR) is 209 cm³/mol. The number of allylic oxidation sites excluding steroid dienone is 4. The van der Waals surface area contributed by atoms with Crippen LogP contribution in [-0.2, 0) is 38.5 Å². The molecule has 0 unspecified atom stereocenters. The zero-order valence-electron chi connectivity index (χ0n) is 31.6. The molecule has 0 aliphatic heterocycles. The minimum Gasteiger partial charge on any atom is -1.00 e. The van der Waals surface area contributed by atoms with Gasteiger partial charge < -0.3 is 24.8 Å². The van der Waals surface area contributed by atoms with E-state index in [4.69, 9.17) is 0 Å². The van der Waals surface area contributed by atoms with Crippen LogP contribution in [0.25, 0.3) is 33.4 Å². The third-order valence-corrected chi connectivity index (χ3v) is 18.9. The van der Waals surface area contributed by atoms with Gasteiger partial charge >= 0.3 is 301 Å². The second-order valence-corrected chi connectivity index (χ2v) is 22.8. The molecule has 3 heteroatoms. The van der Waals surface area contributed by atoms with Crippen LogP contribution in [0.3, 0.4) is 0 Å². The topological polar surface area (TPSA) is 0 Å². The van der Waals surface area contributed by atoms with Crippen molar-refractivity contribution in [1.29, 1.82) is 0 Å². The Balaban J connectivity index is 0.00000281. The molecule has 4 aromatic carbocycles. The van der Waals surface area contributed by atoms with Crippen molar-refractivity contribution in [1.82, 2.24) is 0 Å². The summed E-state index contributed by atoms with van der Waals surface area (Å²) >= 11 is -2.53. The third-order valence-electron chi connectivity index (χ3n) is 10.5. The summed E-state index contributed by atoms with van der Waals surface area (Å²) in [6.07, 6.45) is 18.6. The molecule has 6 rings (SSSR count). The van der Waals surface area contributed by atoms with Gasteiger partial charge in [0.15, 0.2) is 0 Å². The minimum atomic E-state index is -2.53. The normalized spacial score (nSPS) is 13.3. The summed E-state index contributed by atoms with van der Waals surface area (Å²) in [5.41, 5.74) is 14.9. The Kier molecular flexibility index (Phi) is 13.8. The molecule has 0 N–H and O–H groups in total. The van der Waals surface area contributed by atoms with Crippen molar-refractivity contribution in [3.05, 3.63) is 125 Å².